The number of imide groups is 1. The van der Waals surface area contributed by atoms with Gasteiger partial charge in [0.05, 0.1) is 6.42 Å². The molecule has 25 heavy (non-hydrogen) atoms. The fourth-order valence-corrected chi connectivity index (χ4v) is 2.76. The van der Waals surface area contributed by atoms with Crippen LogP contribution in [-0.4, -0.2) is 22.9 Å². The van der Waals surface area contributed by atoms with Crippen molar-refractivity contribution in [3.8, 4) is 0 Å². The van der Waals surface area contributed by atoms with E-state index in [4.69, 9.17) is 0 Å². The number of carbonyl (C=O) groups excluding carboxylic acids is 3. The number of urea groups is 1. The minimum Gasteiger partial charge on any atom is -0.318 e. The fourth-order valence-electron chi connectivity index (χ4n) is 2.76. The van der Waals surface area contributed by atoms with Gasteiger partial charge in [-0.05, 0) is 25.0 Å². The van der Waals surface area contributed by atoms with Gasteiger partial charge in [-0.2, -0.15) is 5.01 Å². The van der Waals surface area contributed by atoms with E-state index in [1.165, 1.54) is 0 Å². The van der Waals surface area contributed by atoms with Crippen LogP contribution >= 0.6 is 0 Å². The van der Waals surface area contributed by atoms with Gasteiger partial charge in [0.2, 0.25) is 5.91 Å². The number of nitrogens with one attached hydrogen (secondary N) is 2. The van der Waals surface area contributed by atoms with Crippen LogP contribution in [0.25, 0.3) is 0 Å². The number of amides is 4. The van der Waals surface area contributed by atoms with Gasteiger partial charge in [-0.3, -0.25) is 15.0 Å². The number of benzene rings is 2. The zero-order chi connectivity index (χ0) is 18.0. The lowest BCUT2D eigenvalue weighted by Crippen LogP contribution is -2.48. The number of aryl methyl sites for hydroxylation is 1. The van der Waals surface area contributed by atoms with E-state index in [2.05, 4.69) is 10.7 Å². The molecule has 2 aromatic rings. The topological polar surface area (TPSA) is 78.5 Å². The molecular weight excluding hydrogens is 318 g/mol. The summed E-state index contributed by atoms with van der Waals surface area (Å²) < 4.78 is 0. The molecule has 6 nitrogen and oxygen atoms in total. The molecule has 3 rings (SSSR count). The zero-order valence-corrected chi connectivity index (χ0v) is 14.1. The molecule has 2 N–H and O–H groups in total. The monoisotopic (exact) mass is 337 g/mol. The van der Waals surface area contributed by atoms with Gasteiger partial charge in [0, 0.05) is 0 Å². The van der Waals surface area contributed by atoms with Gasteiger partial charge in [-0.25, -0.2) is 4.79 Å². The summed E-state index contributed by atoms with van der Waals surface area (Å²) in [7, 11) is 0. The first-order valence-corrected chi connectivity index (χ1v) is 7.97. The molecule has 1 aliphatic heterocycles. The van der Waals surface area contributed by atoms with Crippen molar-refractivity contribution in [1.29, 1.82) is 0 Å². The summed E-state index contributed by atoms with van der Waals surface area (Å²) in [5, 5.41) is 3.40. The Labute approximate surface area is 145 Å². The average molecular weight is 337 g/mol. The summed E-state index contributed by atoms with van der Waals surface area (Å²) in [6.45, 7) is 3.58. The third kappa shape index (κ3) is 3.24. The molecule has 1 aliphatic rings. The van der Waals surface area contributed by atoms with Gasteiger partial charge in [0.1, 0.15) is 5.54 Å². The van der Waals surface area contributed by atoms with Crippen LogP contribution in [-0.2, 0) is 21.5 Å². The second-order valence-corrected chi connectivity index (χ2v) is 6.26. The number of hydrogen-bond acceptors (Lipinski definition) is 3. The van der Waals surface area contributed by atoms with Gasteiger partial charge < -0.3 is 5.32 Å². The highest BCUT2D eigenvalue weighted by Crippen LogP contribution is 2.27. The van der Waals surface area contributed by atoms with Gasteiger partial charge in [-0.1, -0.05) is 60.2 Å². The van der Waals surface area contributed by atoms with E-state index in [1.54, 1.807) is 31.2 Å². The Hall–Kier alpha value is -3.15. The van der Waals surface area contributed by atoms with E-state index in [-0.39, 0.29) is 6.42 Å². The summed E-state index contributed by atoms with van der Waals surface area (Å²) in [6.07, 6.45) is 0.0827. The van der Waals surface area contributed by atoms with E-state index in [0.29, 0.717) is 5.56 Å². The Balaban J connectivity index is 1.72. The first-order chi connectivity index (χ1) is 11.9. The van der Waals surface area contributed by atoms with Crippen molar-refractivity contribution in [2.24, 2.45) is 0 Å². The molecule has 1 saturated heterocycles. The van der Waals surface area contributed by atoms with Crippen molar-refractivity contribution in [3.05, 3.63) is 71.3 Å². The molecule has 0 unspecified atom stereocenters. The largest absolute Gasteiger partial charge is 0.344 e. The predicted molar refractivity (Wildman–Crippen MR) is 92.2 cm³/mol. The van der Waals surface area contributed by atoms with E-state index >= 15 is 0 Å². The molecule has 0 aromatic heterocycles. The molecule has 2 aromatic carbocycles. The quantitative estimate of drug-likeness (QED) is 0.838. The fraction of sp³-hybridized carbons (Fsp3) is 0.211. The number of hydrazine groups is 1. The molecule has 128 valence electrons. The normalized spacial score (nSPS) is 19.7. The molecule has 1 fully saturated rings. The molecular formula is C19H19N3O3. The highest BCUT2D eigenvalue weighted by atomic mass is 16.2. The number of hydrogen-bond donors (Lipinski definition) is 2. The highest BCUT2D eigenvalue weighted by Gasteiger charge is 2.49. The third-order valence-electron chi connectivity index (χ3n) is 4.26. The van der Waals surface area contributed by atoms with E-state index in [0.717, 1.165) is 16.1 Å². The second-order valence-electron chi connectivity index (χ2n) is 6.26. The summed E-state index contributed by atoms with van der Waals surface area (Å²) >= 11 is 0. The van der Waals surface area contributed by atoms with Crippen LogP contribution in [0.15, 0.2) is 54.6 Å². The average Bonchev–Trinajstić information content (AvgIpc) is 2.82. The van der Waals surface area contributed by atoms with Crippen molar-refractivity contribution in [1.82, 2.24) is 15.8 Å². The lowest BCUT2D eigenvalue weighted by molar-refractivity contribution is -0.138. The van der Waals surface area contributed by atoms with E-state index in [9.17, 15) is 14.4 Å². The number of carbonyl (C=O) groups is 3. The lowest BCUT2D eigenvalue weighted by Gasteiger charge is -2.22. The molecule has 6 heteroatoms. The molecule has 0 bridgehead atoms. The summed E-state index contributed by atoms with van der Waals surface area (Å²) in [4.78, 5) is 37.1. The van der Waals surface area contributed by atoms with Crippen molar-refractivity contribution in [2.75, 3.05) is 0 Å². The molecule has 0 aliphatic carbocycles. The van der Waals surface area contributed by atoms with Gasteiger partial charge in [0.15, 0.2) is 0 Å². The molecule has 0 saturated carbocycles. The Morgan fingerprint density at radius 2 is 1.72 bits per heavy atom. The maximum atomic E-state index is 12.7. The maximum Gasteiger partial charge on any atom is 0.344 e. The molecule has 1 atom stereocenters. The van der Waals surface area contributed by atoms with Gasteiger partial charge in [-0.15, -0.1) is 0 Å². The van der Waals surface area contributed by atoms with E-state index < -0.39 is 23.4 Å². The summed E-state index contributed by atoms with van der Waals surface area (Å²) in [5.74, 6) is -0.939. The summed E-state index contributed by atoms with van der Waals surface area (Å²) in [5.41, 5.74) is 3.76. The Morgan fingerprint density at radius 1 is 1.08 bits per heavy atom. The van der Waals surface area contributed by atoms with Crippen molar-refractivity contribution < 1.29 is 14.4 Å². The molecule has 4 amide bonds. The Kier molecular flexibility index (Phi) is 4.27. The van der Waals surface area contributed by atoms with E-state index in [1.807, 2.05) is 37.3 Å². The predicted octanol–water partition coefficient (Wildman–Crippen LogP) is 2.04. The van der Waals surface area contributed by atoms with Crippen LogP contribution < -0.4 is 10.7 Å². The standard InChI is InChI=1S/C19H19N3O3/c1-13-8-10-14(11-9-13)12-16(23)21-22-17(24)19(2,20-18(22)25)15-6-4-3-5-7-15/h3-11H,12H2,1-2H3,(H,20,25)(H,21,23)/t19-/m1/s1. The van der Waals surface area contributed by atoms with Crippen LogP contribution in [0.2, 0.25) is 0 Å². The lowest BCUT2D eigenvalue weighted by atomic mass is 9.92. The first-order valence-electron chi connectivity index (χ1n) is 7.97. The van der Waals surface area contributed by atoms with Crippen LogP contribution in [0.1, 0.15) is 23.6 Å². The van der Waals surface area contributed by atoms with Crippen molar-refractivity contribution in [3.63, 3.8) is 0 Å². The summed E-state index contributed by atoms with van der Waals surface area (Å²) in [6, 6.07) is 15.8. The molecule has 0 radical (unpaired) electrons. The number of nitrogens with zero attached hydrogens (tertiary/aromatic N) is 1. The minimum atomic E-state index is -1.20. The van der Waals surface area contributed by atoms with Gasteiger partial charge in [0.25, 0.3) is 5.91 Å². The highest BCUT2D eigenvalue weighted by molar-refractivity contribution is 6.08. The SMILES string of the molecule is Cc1ccc(CC(=O)NN2C(=O)N[C@](C)(c3ccccc3)C2=O)cc1. The Morgan fingerprint density at radius 3 is 2.36 bits per heavy atom. The van der Waals surface area contributed by atoms with Crippen LogP contribution in [0.4, 0.5) is 4.79 Å². The van der Waals surface area contributed by atoms with Gasteiger partial charge >= 0.3 is 6.03 Å². The molecule has 1 heterocycles. The first kappa shape index (κ1) is 16.7. The zero-order valence-electron chi connectivity index (χ0n) is 14.1. The van der Waals surface area contributed by atoms with Crippen molar-refractivity contribution in [2.45, 2.75) is 25.8 Å². The molecule has 0 spiro atoms. The maximum absolute atomic E-state index is 12.7. The van der Waals surface area contributed by atoms with Crippen LogP contribution in [0.3, 0.4) is 0 Å². The van der Waals surface area contributed by atoms with Crippen LogP contribution in [0.5, 0.6) is 0 Å². The van der Waals surface area contributed by atoms with Crippen molar-refractivity contribution >= 4 is 17.8 Å². The Bertz CT molecular complexity index is 818. The second kappa shape index (κ2) is 6.39. The third-order valence-corrected chi connectivity index (χ3v) is 4.26. The van der Waals surface area contributed by atoms with Crippen LogP contribution in [0, 0.1) is 6.92 Å². The minimum absolute atomic E-state index is 0.0827. The number of rotatable bonds is 4. The smallest absolute Gasteiger partial charge is 0.318 e.